The van der Waals surface area contributed by atoms with Crippen molar-refractivity contribution in [1.82, 2.24) is 0 Å². The summed E-state index contributed by atoms with van der Waals surface area (Å²) in [6.07, 6.45) is 2.66. The van der Waals surface area contributed by atoms with Gasteiger partial charge in [-0.25, -0.2) is 8.42 Å². The predicted octanol–water partition coefficient (Wildman–Crippen LogP) is 1.11. The van der Waals surface area contributed by atoms with E-state index in [-0.39, 0.29) is 4.90 Å². The number of hydrogen-bond acceptors (Lipinski definition) is 3. The molecule has 1 aromatic rings. The van der Waals surface area contributed by atoms with Gasteiger partial charge in [-0.3, -0.25) is 4.79 Å². The van der Waals surface area contributed by atoms with Crippen LogP contribution in [0.25, 0.3) is 6.08 Å². The lowest BCUT2D eigenvalue weighted by atomic mass is 10.2. The Labute approximate surface area is 91.8 Å². The molecule has 80 valence electrons. The van der Waals surface area contributed by atoms with Crippen molar-refractivity contribution in [1.29, 1.82) is 0 Å². The summed E-state index contributed by atoms with van der Waals surface area (Å²) < 4.78 is 21.8. The Hall–Kier alpha value is -1.33. The maximum absolute atomic E-state index is 10.9. The Morgan fingerprint density at radius 2 is 1.80 bits per heavy atom. The summed E-state index contributed by atoms with van der Waals surface area (Å²) in [7, 11) is 1.42. The van der Waals surface area contributed by atoms with Gasteiger partial charge in [0.25, 0.3) is 9.05 Å². The number of amides is 1. The van der Waals surface area contributed by atoms with Gasteiger partial charge in [0.2, 0.25) is 5.91 Å². The molecule has 2 N–H and O–H groups in total. The van der Waals surface area contributed by atoms with Crippen LogP contribution in [-0.2, 0) is 13.8 Å². The van der Waals surface area contributed by atoms with Gasteiger partial charge in [0, 0.05) is 16.8 Å². The van der Waals surface area contributed by atoms with Crippen LogP contribution in [0, 0.1) is 0 Å². The minimum atomic E-state index is -3.69. The van der Waals surface area contributed by atoms with Crippen molar-refractivity contribution in [3.05, 3.63) is 35.9 Å². The van der Waals surface area contributed by atoms with Gasteiger partial charge in [-0.1, -0.05) is 12.1 Å². The van der Waals surface area contributed by atoms with E-state index in [2.05, 4.69) is 0 Å². The van der Waals surface area contributed by atoms with Crippen molar-refractivity contribution < 1.29 is 13.2 Å². The molecule has 0 aliphatic carbocycles. The van der Waals surface area contributed by atoms with Crippen molar-refractivity contribution in [2.45, 2.75) is 4.90 Å². The van der Waals surface area contributed by atoms with E-state index < -0.39 is 15.0 Å². The molecule has 1 rings (SSSR count). The molecule has 1 amide bonds. The zero-order valence-corrected chi connectivity index (χ0v) is 9.12. The Kier molecular flexibility index (Phi) is 3.49. The number of benzene rings is 1. The van der Waals surface area contributed by atoms with Gasteiger partial charge in [0.15, 0.2) is 0 Å². The lowest BCUT2D eigenvalue weighted by Crippen LogP contribution is -2.05. The quantitative estimate of drug-likeness (QED) is 0.640. The van der Waals surface area contributed by atoms with Crippen LogP contribution in [0.2, 0.25) is 0 Å². The van der Waals surface area contributed by atoms with Gasteiger partial charge in [-0.15, -0.1) is 0 Å². The molecule has 0 unspecified atom stereocenters. The van der Waals surface area contributed by atoms with Gasteiger partial charge in [-0.2, -0.15) is 0 Å². The summed E-state index contributed by atoms with van der Waals surface area (Å²) in [6.45, 7) is 0. The Bertz CT molecular complexity index is 491. The number of carbonyl (C=O) groups excluding carboxylic acids is 1. The maximum atomic E-state index is 10.9. The fourth-order valence-electron chi connectivity index (χ4n) is 0.920. The number of halogens is 1. The number of hydrogen-bond donors (Lipinski definition) is 1. The lowest BCUT2D eigenvalue weighted by Gasteiger charge is -1.96. The molecule has 0 bridgehead atoms. The minimum absolute atomic E-state index is 0.0143. The third-order valence-corrected chi connectivity index (χ3v) is 2.97. The molecule has 0 saturated carbocycles. The zero-order valence-electron chi connectivity index (χ0n) is 7.55. The maximum Gasteiger partial charge on any atom is 0.261 e. The SMILES string of the molecule is NC(=O)/C=C/c1ccc(S(=O)(=O)Cl)cc1. The van der Waals surface area contributed by atoms with Crippen molar-refractivity contribution >= 4 is 31.7 Å². The first-order valence-corrected chi connectivity index (χ1v) is 6.23. The number of rotatable bonds is 3. The van der Waals surface area contributed by atoms with Crippen LogP contribution in [0.5, 0.6) is 0 Å². The summed E-state index contributed by atoms with van der Waals surface area (Å²) in [5.41, 5.74) is 5.56. The fraction of sp³-hybridized carbons (Fsp3) is 0. The molecule has 0 fully saturated rings. The molecule has 0 atom stereocenters. The first-order chi connectivity index (χ1) is 6.89. The van der Waals surface area contributed by atoms with Crippen LogP contribution in [0.15, 0.2) is 35.2 Å². The van der Waals surface area contributed by atoms with Crippen molar-refractivity contribution in [2.24, 2.45) is 5.73 Å². The molecule has 15 heavy (non-hydrogen) atoms. The average Bonchev–Trinajstić information content (AvgIpc) is 2.14. The number of nitrogens with two attached hydrogens (primary N) is 1. The highest BCUT2D eigenvalue weighted by molar-refractivity contribution is 8.13. The minimum Gasteiger partial charge on any atom is -0.366 e. The highest BCUT2D eigenvalue weighted by Crippen LogP contribution is 2.15. The van der Waals surface area contributed by atoms with E-state index >= 15 is 0 Å². The van der Waals surface area contributed by atoms with Crippen LogP contribution >= 0.6 is 10.7 Å². The smallest absolute Gasteiger partial charge is 0.261 e. The van der Waals surface area contributed by atoms with Gasteiger partial charge >= 0.3 is 0 Å². The second kappa shape index (κ2) is 4.46. The molecular weight excluding hydrogens is 238 g/mol. The van der Waals surface area contributed by atoms with Crippen LogP contribution in [0.1, 0.15) is 5.56 Å². The molecule has 0 aromatic heterocycles. The molecule has 0 heterocycles. The van der Waals surface area contributed by atoms with Crippen molar-refractivity contribution in [3.63, 3.8) is 0 Å². The van der Waals surface area contributed by atoms with E-state index in [1.54, 1.807) is 0 Å². The lowest BCUT2D eigenvalue weighted by molar-refractivity contribution is -0.113. The molecule has 0 aliphatic rings. The van der Waals surface area contributed by atoms with E-state index in [0.29, 0.717) is 5.56 Å². The molecule has 0 radical (unpaired) electrons. The van der Waals surface area contributed by atoms with E-state index in [9.17, 15) is 13.2 Å². The second-order valence-electron chi connectivity index (χ2n) is 2.74. The summed E-state index contributed by atoms with van der Waals surface area (Å²) in [6, 6.07) is 5.75. The van der Waals surface area contributed by atoms with E-state index in [1.165, 1.54) is 36.4 Å². The summed E-state index contributed by atoms with van der Waals surface area (Å²) in [5.74, 6) is -0.566. The van der Waals surface area contributed by atoms with Gasteiger partial charge in [0.05, 0.1) is 4.90 Å². The topological polar surface area (TPSA) is 77.2 Å². The third-order valence-electron chi connectivity index (χ3n) is 1.60. The predicted molar refractivity (Wildman–Crippen MR) is 57.7 cm³/mol. The largest absolute Gasteiger partial charge is 0.366 e. The molecule has 1 aromatic carbocycles. The van der Waals surface area contributed by atoms with Crippen molar-refractivity contribution in [3.8, 4) is 0 Å². The first kappa shape index (κ1) is 11.7. The summed E-state index contributed by atoms with van der Waals surface area (Å²) in [4.78, 5) is 10.4. The number of primary amides is 1. The number of carbonyl (C=O) groups is 1. The van der Waals surface area contributed by atoms with Crippen molar-refractivity contribution in [2.75, 3.05) is 0 Å². The van der Waals surface area contributed by atoms with Gasteiger partial charge in [-0.05, 0) is 23.8 Å². The van der Waals surface area contributed by atoms with E-state index in [0.717, 1.165) is 0 Å². The van der Waals surface area contributed by atoms with Gasteiger partial charge in [0.1, 0.15) is 0 Å². The first-order valence-electron chi connectivity index (χ1n) is 3.92. The second-order valence-corrected chi connectivity index (χ2v) is 5.31. The highest BCUT2D eigenvalue weighted by Gasteiger charge is 2.07. The monoisotopic (exact) mass is 245 g/mol. The zero-order chi connectivity index (χ0) is 11.5. The Morgan fingerprint density at radius 3 is 2.20 bits per heavy atom. The standard InChI is InChI=1S/C9H8ClNO3S/c10-15(13,14)8-4-1-7(2-5-8)3-6-9(11)12/h1-6H,(H2,11,12)/b6-3+. The Morgan fingerprint density at radius 1 is 1.27 bits per heavy atom. The molecule has 0 aliphatic heterocycles. The molecular formula is C9H8ClNO3S. The van der Waals surface area contributed by atoms with E-state index in [1.807, 2.05) is 0 Å². The molecule has 0 saturated heterocycles. The molecule has 6 heteroatoms. The van der Waals surface area contributed by atoms with Gasteiger partial charge < -0.3 is 5.73 Å². The van der Waals surface area contributed by atoms with Crippen LogP contribution in [-0.4, -0.2) is 14.3 Å². The summed E-state index contributed by atoms with van der Waals surface area (Å²) >= 11 is 0. The van der Waals surface area contributed by atoms with E-state index in [4.69, 9.17) is 16.4 Å². The highest BCUT2D eigenvalue weighted by atomic mass is 35.7. The Balaban J connectivity index is 2.96. The van der Waals surface area contributed by atoms with Crippen LogP contribution < -0.4 is 5.73 Å². The average molecular weight is 246 g/mol. The fourth-order valence-corrected chi connectivity index (χ4v) is 1.69. The third kappa shape index (κ3) is 3.73. The summed E-state index contributed by atoms with van der Waals surface area (Å²) in [5, 5.41) is 0. The normalized spacial score (nSPS) is 11.8. The molecule has 4 nitrogen and oxygen atoms in total. The molecule has 0 spiro atoms. The van der Waals surface area contributed by atoms with Crippen LogP contribution in [0.4, 0.5) is 0 Å². The van der Waals surface area contributed by atoms with Crippen LogP contribution in [0.3, 0.4) is 0 Å².